The van der Waals surface area contributed by atoms with E-state index < -0.39 is 5.97 Å². The van der Waals surface area contributed by atoms with Crippen molar-refractivity contribution >= 4 is 40.1 Å². The Hall–Kier alpha value is -3.74. The molecule has 1 aliphatic rings. The van der Waals surface area contributed by atoms with Gasteiger partial charge < -0.3 is 10.0 Å². The second-order valence-corrected chi connectivity index (χ2v) is 7.27. The molecule has 0 saturated heterocycles. The molecule has 7 heteroatoms. The summed E-state index contributed by atoms with van der Waals surface area (Å²) >= 11 is 0. The Bertz CT molecular complexity index is 1230. The third-order valence-electron chi connectivity index (χ3n) is 5.29. The van der Waals surface area contributed by atoms with Crippen molar-refractivity contribution in [2.24, 2.45) is 0 Å². The summed E-state index contributed by atoms with van der Waals surface area (Å²) in [6, 6.07) is 15.0. The molecule has 2 heterocycles. The molecular weight excluding hydrogens is 382 g/mol. The van der Waals surface area contributed by atoms with Gasteiger partial charge in [0.25, 0.3) is 5.56 Å². The van der Waals surface area contributed by atoms with Crippen LogP contribution in [0.2, 0.25) is 0 Å². The number of amides is 1. The number of carboxylic acid groups (broad SMARTS) is 1. The highest BCUT2D eigenvalue weighted by atomic mass is 16.4. The van der Waals surface area contributed by atoms with Crippen molar-refractivity contribution in [1.82, 2.24) is 9.55 Å². The van der Waals surface area contributed by atoms with E-state index in [1.165, 1.54) is 4.90 Å². The Morgan fingerprint density at radius 3 is 2.67 bits per heavy atom. The van der Waals surface area contributed by atoms with Gasteiger partial charge in [0.1, 0.15) is 5.82 Å². The van der Waals surface area contributed by atoms with E-state index in [0.717, 1.165) is 17.6 Å². The van der Waals surface area contributed by atoms with Crippen LogP contribution in [0.25, 0.3) is 22.6 Å². The van der Waals surface area contributed by atoms with Crippen LogP contribution < -0.4 is 10.5 Å². The highest BCUT2D eigenvalue weighted by Gasteiger charge is 2.21. The number of carboxylic acids is 1. The Morgan fingerprint density at radius 1 is 1.17 bits per heavy atom. The highest BCUT2D eigenvalue weighted by molar-refractivity contribution is 5.96. The van der Waals surface area contributed by atoms with E-state index in [2.05, 4.69) is 0 Å². The second kappa shape index (κ2) is 7.94. The average Bonchev–Trinajstić information content (AvgIpc) is 3.14. The Balaban J connectivity index is 1.72. The normalized spacial score (nSPS) is 14.1. The van der Waals surface area contributed by atoms with E-state index in [-0.39, 0.29) is 24.3 Å². The van der Waals surface area contributed by atoms with Gasteiger partial charge in [-0.05, 0) is 41.8 Å². The number of aliphatic carboxylic acids is 1. The number of fused-ring (bicyclic) bond motifs is 2. The number of rotatable bonds is 5. The largest absolute Gasteiger partial charge is 0.481 e. The third kappa shape index (κ3) is 3.74. The molecule has 0 aliphatic carbocycles. The summed E-state index contributed by atoms with van der Waals surface area (Å²) in [6.07, 6.45) is 2.46. The smallest absolute Gasteiger partial charge is 0.303 e. The molecule has 1 aromatic heterocycles. The van der Waals surface area contributed by atoms with Crippen LogP contribution in [0.15, 0.2) is 53.3 Å². The molecule has 3 aromatic rings. The standard InChI is InChI=1S/C23H21N3O4/c1-25(20(27)9-10-21(28)29)17-7-8-18-19(14-17)24-22-16(11-12-26(22)23(18)30)13-15-5-3-2-4-6-15/h2-8,13-14H,9-12H2,1H3,(H,28,29). The first-order chi connectivity index (χ1) is 14.4. The van der Waals surface area contributed by atoms with Crippen LogP contribution in [0.3, 0.4) is 0 Å². The van der Waals surface area contributed by atoms with Gasteiger partial charge in [0.2, 0.25) is 5.91 Å². The van der Waals surface area contributed by atoms with Gasteiger partial charge >= 0.3 is 5.97 Å². The van der Waals surface area contributed by atoms with Gasteiger partial charge in [-0.3, -0.25) is 19.0 Å². The van der Waals surface area contributed by atoms with Crippen molar-refractivity contribution in [2.45, 2.75) is 25.8 Å². The molecule has 2 aromatic carbocycles. The summed E-state index contributed by atoms with van der Waals surface area (Å²) in [5, 5.41) is 9.28. The van der Waals surface area contributed by atoms with Gasteiger partial charge in [0.15, 0.2) is 0 Å². The number of benzene rings is 2. The average molecular weight is 403 g/mol. The summed E-state index contributed by atoms with van der Waals surface area (Å²) in [4.78, 5) is 42.1. The molecule has 7 nitrogen and oxygen atoms in total. The monoisotopic (exact) mass is 403 g/mol. The van der Waals surface area contributed by atoms with E-state index in [1.807, 2.05) is 36.4 Å². The van der Waals surface area contributed by atoms with Crippen molar-refractivity contribution in [3.8, 4) is 0 Å². The molecule has 1 aliphatic heterocycles. The first-order valence-electron chi connectivity index (χ1n) is 9.73. The predicted molar refractivity (Wildman–Crippen MR) is 115 cm³/mol. The van der Waals surface area contributed by atoms with Gasteiger partial charge in [-0.2, -0.15) is 0 Å². The van der Waals surface area contributed by atoms with Crippen LogP contribution in [-0.4, -0.2) is 33.6 Å². The summed E-state index contributed by atoms with van der Waals surface area (Å²) in [7, 11) is 1.59. The second-order valence-electron chi connectivity index (χ2n) is 7.27. The predicted octanol–water partition coefficient (Wildman–Crippen LogP) is 3.17. The van der Waals surface area contributed by atoms with Crippen molar-refractivity contribution in [3.63, 3.8) is 0 Å². The third-order valence-corrected chi connectivity index (χ3v) is 5.29. The lowest BCUT2D eigenvalue weighted by Gasteiger charge is -2.17. The van der Waals surface area contributed by atoms with Crippen molar-refractivity contribution in [1.29, 1.82) is 0 Å². The zero-order valence-corrected chi connectivity index (χ0v) is 16.5. The maximum Gasteiger partial charge on any atom is 0.303 e. The summed E-state index contributed by atoms with van der Waals surface area (Å²) in [6.45, 7) is 0.588. The number of anilines is 1. The van der Waals surface area contributed by atoms with E-state index in [4.69, 9.17) is 10.1 Å². The Morgan fingerprint density at radius 2 is 1.93 bits per heavy atom. The lowest BCUT2D eigenvalue weighted by atomic mass is 10.1. The summed E-state index contributed by atoms with van der Waals surface area (Å²) < 4.78 is 1.69. The number of hydrogen-bond acceptors (Lipinski definition) is 4. The van der Waals surface area contributed by atoms with Crippen molar-refractivity contribution < 1.29 is 14.7 Å². The Kier molecular flexibility index (Phi) is 5.18. The molecule has 1 N–H and O–H groups in total. The number of carbonyl (C=O) groups excluding carboxylic acids is 1. The fourth-order valence-electron chi connectivity index (χ4n) is 3.63. The lowest BCUT2D eigenvalue weighted by molar-refractivity contribution is -0.138. The summed E-state index contributed by atoms with van der Waals surface area (Å²) in [5.74, 6) is -0.675. The van der Waals surface area contributed by atoms with Gasteiger partial charge in [0.05, 0.1) is 17.3 Å². The topological polar surface area (TPSA) is 92.5 Å². The van der Waals surface area contributed by atoms with Crippen molar-refractivity contribution in [3.05, 3.63) is 70.3 Å². The van der Waals surface area contributed by atoms with Crippen LogP contribution in [-0.2, 0) is 16.1 Å². The highest BCUT2D eigenvalue weighted by Crippen LogP contribution is 2.28. The van der Waals surface area contributed by atoms with Crippen LogP contribution in [0.4, 0.5) is 5.69 Å². The molecule has 0 atom stereocenters. The van der Waals surface area contributed by atoms with E-state index in [1.54, 1.807) is 29.8 Å². The fraction of sp³-hybridized carbons (Fsp3) is 0.217. The van der Waals surface area contributed by atoms with Crippen LogP contribution >= 0.6 is 0 Å². The zero-order chi connectivity index (χ0) is 21.3. The van der Waals surface area contributed by atoms with E-state index in [9.17, 15) is 14.4 Å². The Labute approximate surface area is 172 Å². The maximum absolute atomic E-state index is 13.0. The molecule has 0 fully saturated rings. The molecular formula is C23H21N3O4. The number of nitrogens with zero attached hydrogens (tertiary/aromatic N) is 3. The van der Waals surface area contributed by atoms with E-state index in [0.29, 0.717) is 29.0 Å². The quantitative estimate of drug-likeness (QED) is 0.706. The SMILES string of the molecule is CN(C(=O)CCC(=O)O)c1ccc2c(=O)n3c(nc2c1)C(=Cc1ccccc1)CC3. The molecule has 0 unspecified atom stereocenters. The minimum atomic E-state index is -1.02. The van der Waals surface area contributed by atoms with Gasteiger partial charge in [0, 0.05) is 25.7 Å². The number of aromatic nitrogens is 2. The number of hydrogen-bond donors (Lipinski definition) is 1. The molecule has 4 rings (SSSR count). The van der Waals surface area contributed by atoms with Crippen LogP contribution in [0.5, 0.6) is 0 Å². The lowest BCUT2D eigenvalue weighted by Crippen LogP contribution is -2.27. The van der Waals surface area contributed by atoms with Crippen LogP contribution in [0.1, 0.15) is 30.7 Å². The molecule has 0 bridgehead atoms. The molecule has 152 valence electrons. The zero-order valence-electron chi connectivity index (χ0n) is 16.5. The van der Waals surface area contributed by atoms with Crippen molar-refractivity contribution in [2.75, 3.05) is 11.9 Å². The number of carbonyl (C=O) groups is 2. The first-order valence-corrected chi connectivity index (χ1v) is 9.73. The maximum atomic E-state index is 13.0. The summed E-state index contributed by atoms with van der Waals surface area (Å²) in [5.41, 5.74) is 3.03. The van der Waals surface area contributed by atoms with E-state index >= 15 is 0 Å². The van der Waals surface area contributed by atoms with Gasteiger partial charge in [-0.1, -0.05) is 30.3 Å². The molecule has 30 heavy (non-hydrogen) atoms. The minimum Gasteiger partial charge on any atom is -0.481 e. The molecule has 0 saturated carbocycles. The molecule has 0 radical (unpaired) electrons. The fourth-order valence-corrected chi connectivity index (χ4v) is 3.63. The molecule has 1 amide bonds. The van der Waals surface area contributed by atoms with Gasteiger partial charge in [-0.25, -0.2) is 4.98 Å². The van der Waals surface area contributed by atoms with Gasteiger partial charge in [-0.15, -0.1) is 0 Å². The van der Waals surface area contributed by atoms with Crippen LogP contribution in [0, 0.1) is 0 Å². The minimum absolute atomic E-state index is 0.0892. The number of allylic oxidation sites excluding steroid dienone is 1. The first kappa shape index (κ1) is 19.6. The molecule has 0 spiro atoms.